The molecule has 26 heavy (non-hydrogen) atoms. The Hall–Kier alpha value is -2.12. The van der Waals surface area contributed by atoms with E-state index in [9.17, 15) is 27.2 Å². The smallest absolute Gasteiger partial charge is 0.416 e. The van der Waals surface area contributed by atoms with Gasteiger partial charge in [0.05, 0.1) is 12.2 Å². The minimum Gasteiger partial charge on any atom is -0.464 e. The van der Waals surface area contributed by atoms with Gasteiger partial charge in [-0.2, -0.15) is 13.2 Å². The van der Waals surface area contributed by atoms with Gasteiger partial charge in [0.15, 0.2) is 0 Å². The maximum atomic E-state index is 13.4. The second kappa shape index (κ2) is 9.54. The zero-order chi connectivity index (χ0) is 19.9. The maximum absolute atomic E-state index is 13.4. The van der Waals surface area contributed by atoms with E-state index < -0.39 is 41.0 Å². The molecule has 0 aliphatic heterocycles. The third-order valence-corrected chi connectivity index (χ3v) is 3.69. The topological polar surface area (TPSA) is 55.4 Å². The number of halogens is 4. The molecule has 0 radical (unpaired) electrons. The largest absolute Gasteiger partial charge is 0.464 e. The van der Waals surface area contributed by atoms with Crippen LogP contribution in [0.25, 0.3) is 0 Å². The van der Waals surface area contributed by atoms with Gasteiger partial charge in [-0.25, -0.2) is 9.18 Å². The van der Waals surface area contributed by atoms with E-state index in [0.717, 1.165) is 12.8 Å². The van der Waals surface area contributed by atoms with Crippen molar-refractivity contribution in [2.24, 2.45) is 5.92 Å². The first-order valence-electron chi connectivity index (χ1n) is 8.41. The van der Waals surface area contributed by atoms with Gasteiger partial charge < -0.3 is 10.1 Å². The van der Waals surface area contributed by atoms with Crippen LogP contribution in [0.4, 0.5) is 17.6 Å². The van der Waals surface area contributed by atoms with Gasteiger partial charge >= 0.3 is 12.1 Å². The molecule has 0 bridgehead atoms. The van der Waals surface area contributed by atoms with Gasteiger partial charge in [-0.15, -0.1) is 0 Å². The lowest BCUT2D eigenvalue weighted by Gasteiger charge is -2.21. The summed E-state index contributed by atoms with van der Waals surface area (Å²) in [4.78, 5) is 24.3. The predicted octanol–water partition coefficient (Wildman–Crippen LogP) is 4.33. The number of hydrogen-bond acceptors (Lipinski definition) is 3. The van der Waals surface area contributed by atoms with Crippen LogP contribution in [0.2, 0.25) is 0 Å². The number of esters is 1. The standard InChI is InChI=1S/C18H23F4NO3/c1-4-5-6-7-26-17(25)15(11(2)3)23-16(24)12-8-13(18(20,21)22)10-14(19)9-12/h8-11,15H,4-7H2,1-3H3,(H,23,24). The molecule has 1 unspecified atom stereocenters. The highest BCUT2D eigenvalue weighted by atomic mass is 19.4. The van der Waals surface area contributed by atoms with Crippen molar-refractivity contribution >= 4 is 11.9 Å². The van der Waals surface area contributed by atoms with Gasteiger partial charge in [-0.3, -0.25) is 4.79 Å². The van der Waals surface area contributed by atoms with Crippen LogP contribution in [0.3, 0.4) is 0 Å². The van der Waals surface area contributed by atoms with E-state index in [2.05, 4.69) is 5.32 Å². The van der Waals surface area contributed by atoms with Gasteiger partial charge in [0.1, 0.15) is 11.9 Å². The van der Waals surface area contributed by atoms with Crippen LogP contribution in [0.5, 0.6) is 0 Å². The second-order valence-corrected chi connectivity index (χ2v) is 6.30. The van der Waals surface area contributed by atoms with Crippen molar-refractivity contribution in [1.82, 2.24) is 5.32 Å². The Balaban J connectivity index is 2.88. The first kappa shape index (κ1) is 21.9. The molecule has 1 rings (SSSR count). The SMILES string of the molecule is CCCCCOC(=O)C(NC(=O)c1cc(F)cc(C(F)(F)F)c1)C(C)C. The normalized spacial score (nSPS) is 12.8. The molecular formula is C18H23F4NO3. The van der Waals surface area contributed by atoms with E-state index in [0.29, 0.717) is 24.6 Å². The summed E-state index contributed by atoms with van der Waals surface area (Å²) in [5, 5.41) is 2.33. The van der Waals surface area contributed by atoms with Crippen LogP contribution in [0.15, 0.2) is 18.2 Å². The van der Waals surface area contributed by atoms with Crippen LogP contribution in [0, 0.1) is 11.7 Å². The molecule has 1 N–H and O–H groups in total. The fraction of sp³-hybridized carbons (Fsp3) is 0.556. The summed E-state index contributed by atoms with van der Waals surface area (Å²) < 4.78 is 56.8. The van der Waals surface area contributed by atoms with E-state index >= 15 is 0 Å². The molecule has 0 saturated heterocycles. The summed E-state index contributed by atoms with van der Waals surface area (Å²) >= 11 is 0. The highest BCUT2D eigenvalue weighted by Gasteiger charge is 2.33. The number of carbonyl (C=O) groups is 2. The maximum Gasteiger partial charge on any atom is 0.416 e. The minimum atomic E-state index is -4.78. The molecule has 1 aromatic rings. The molecule has 4 nitrogen and oxygen atoms in total. The predicted molar refractivity (Wildman–Crippen MR) is 88.0 cm³/mol. The summed E-state index contributed by atoms with van der Waals surface area (Å²) in [7, 11) is 0. The minimum absolute atomic E-state index is 0.198. The van der Waals surface area contributed by atoms with Gasteiger partial charge in [-0.05, 0) is 30.5 Å². The summed E-state index contributed by atoms with van der Waals surface area (Å²) in [5.41, 5.74) is -1.78. The Labute approximate surface area is 149 Å². The zero-order valence-electron chi connectivity index (χ0n) is 15.0. The number of benzene rings is 1. The lowest BCUT2D eigenvalue weighted by molar-refractivity contribution is -0.147. The number of nitrogens with one attached hydrogen (secondary N) is 1. The van der Waals surface area contributed by atoms with E-state index in [1.807, 2.05) is 6.92 Å². The summed E-state index contributed by atoms with van der Waals surface area (Å²) in [6.45, 7) is 5.51. The molecule has 0 heterocycles. The third-order valence-electron chi connectivity index (χ3n) is 3.69. The van der Waals surface area contributed by atoms with Gasteiger partial charge in [0, 0.05) is 5.56 Å². The first-order valence-corrected chi connectivity index (χ1v) is 8.41. The number of alkyl halides is 3. The second-order valence-electron chi connectivity index (χ2n) is 6.30. The molecular weight excluding hydrogens is 354 g/mol. The number of carbonyl (C=O) groups excluding carboxylic acids is 2. The summed E-state index contributed by atoms with van der Waals surface area (Å²) in [6.07, 6.45) is -2.27. The molecule has 1 aromatic carbocycles. The average Bonchev–Trinajstić information content (AvgIpc) is 2.54. The van der Waals surface area contributed by atoms with E-state index in [1.54, 1.807) is 13.8 Å². The quantitative estimate of drug-likeness (QED) is 0.417. The molecule has 0 aliphatic rings. The molecule has 0 aliphatic carbocycles. The van der Waals surface area contributed by atoms with Crippen molar-refractivity contribution in [2.75, 3.05) is 6.61 Å². The Bertz CT molecular complexity index is 629. The number of ether oxygens (including phenoxy) is 1. The monoisotopic (exact) mass is 377 g/mol. The van der Waals surface area contributed by atoms with Crippen molar-refractivity contribution in [3.05, 3.63) is 35.1 Å². The summed E-state index contributed by atoms with van der Waals surface area (Å²) in [5.74, 6) is -3.18. The van der Waals surface area contributed by atoms with Crippen LogP contribution in [-0.2, 0) is 15.7 Å². The Kier molecular flexibility index (Phi) is 8.05. The number of rotatable bonds is 8. The van der Waals surface area contributed by atoms with Crippen LogP contribution in [-0.4, -0.2) is 24.5 Å². The zero-order valence-corrected chi connectivity index (χ0v) is 15.0. The number of unbranched alkanes of at least 4 members (excludes halogenated alkanes) is 2. The molecule has 0 fully saturated rings. The van der Waals surface area contributed by atoms with Crippen molar-refractivity contribution in [2.45, 2.75) is 52.3 Å². The molecule has 1 atom stereocenters. The fourth-order valence-corrected chi connectivity index (χ4v) is 2.22. The number of amides is 1. The Morgan fingerprint density at radius 2 is 1.81 bits per heavy atom. The van der Waals surface area contributed by atoms with Gasteiger partial charge in [0.2, 0.25) is 0 Å². The molecule has 0 saturated carbocycles. The van der Waals surface area contributed by atoms with Crippen molar-refractivity contribution in [3.63, 3.8) is 0 Å². The van der Waals surface area contributed by atoms with Crippen LogP contribution >= 0.6 is 0 Å². The van der Waals surface area contributed by atoms with Crippen molar-refractivity contribution in [3.8, 4) is 0 Å². The molecule has 146 valence electrons. The Morgan fingerprint density at radius 3 is 2.35 bits per heavy atom. The number of hydrogen-bond donors (Lipinski definition) is 1. The van der Waals surface area contributed by atoms with Crippen LogP contribution in [0.1, 0.15) is 56.0 Å². The van der Waals surface area contributed by atoms with E-state index in [1.165, 1.54) is 0 Å². The van der Waals surface area contributed by atoms with Gasteiger partial charge in [-0.1, -0.05) is 33.6 Å². The van der Waals surface area contributed by atoms with E-state index in [4.69, 9.17) is 4.74 Å². The molecule has 8 heteroatoms. The average molecular weight is 377 g/mol. The lowest BCUT2D eigenvalue weighted by atomic mass is 10.0. The highest BCUT2D eigenvalue weighted by molar-refractivity contribution is 5.97. The third kappa shape index (κ3) is 6.65. The van der Waals surface area contributed by atoms with Crippen LogP contribution < -0.4 is 5.32 Å². The molecule has 1 amide bonds. The molecule has 0 spiro atoms. The Morgan fingerprint density at radius 1 is 1.15 bits per heavy atom. The lowest BCUT2D eigenvalue weighted by Crippen LogP contribution is -2.45. The highest BCUT2D eigenvalue weighted by Crippen LogP contribution is 2.30. The van der Waals surface area contributed by atoms with Gasteiger partial charge in [0.25, 0.3) is 5.91 Å². The van der Waals surface area contributed by atoms with Crippen molar-refractivity contribution < 1.29 is 31.9 Å². The molecule has 0 aromatic heterocycles. The van der Waals surface area contributed by atoms with E-state index in [-0.39, 0.29) is 12.5 Å². The fourth-order valence-electron chi connectivity index (χ4n) is 2.22. The first-order chi connectivity index (χ1) is 12.1. The van der Waals surface area contributed by atoms with Crippen molar-refractivity contribution in [1.29, 1.82) is 0 Å². The summed E-state index contributed by atoms with van der Waals surface area (Å²) in [6, 6.07) is 0.497.